The van der Waals surface area contributed by atoms with Crippen LogP contribution in [0.5, 0.6) is 0 Å². The van der Waals surface area contributed by atoms with Crippen LogP contribution in [0.3, 0.4) is 0 Å². The second-order valence-electron chi connectivity index (χ2n) is 7.29. The Balaban J connectivity index is 3.33. The van der Waals surface area contributed by atoms with Crippen molar-refractivity contribution in [3.63, 3.8) is 0 Å². The number of rotatable bonds is 18. The van der Waals surface area contributed by atoms with Crippen molar-refractivity contribution < 1.29 is 14.7 Å². The molecule has 0 aromatic carbocycles. The van der Waals surface area contributed by atoms with E-state index in [1.165, 1.54) is 75.5 Å². The van der Waals surface area contributed by atoms with Crippen LogP contribution in [0, 0.1) is 0 Å². The number of amides is 1. The van der Waals surface area contributed by atoms with E-state index in [4.69, 9.17) is 5.11 Å². The Morgan fingerprint density at radius 3 is 1.81 bits per heavy atom. The fourth-order valence-corrected chi connectivity index (χ4v) is 2.93. The molecule has 0 bridgehead atoms. The molecular formula is C22H41NO3. The van der Waals surface area contributed by atoms with Crippen molar-refractivity contribution in [3.05, 3.63) is 12.2 Å². The minimum absolute atomic E-state index is 0.0224. The molecule has 0 aliphatic carbocycles. The molecule has 4 heteroatoms. The molecule has 152 valence electrons. The summed E-state index contributed by atoms with van der Waals surface area (Å²) in [4.78, 5) is 23.8. The molecule has 0 heterocycles. The molecule has 0 unspecified atom stereocenters. The first-order valence-electron chi connectivity index (χ1n) is 10.7. The molecule has 0 fully saturated rings. The van der Waals surface area contributed by atoms with Gasteiger partial charge in [0.05, 0.1) is 6.42 Å². The summed E-state index contributed by atoms with van der Waals surface area (Å²) in [6.45, 7) is 2.56. The van der Waals surface area contributed by atoms with Crippen LogP contribution >= 0.6 is 0 Å². The minimum Gasteiger partial charge on any atom is -0.481 e. The van der Waals surface area contributed by atoms with Crippen molar-refractivity contribution in [1.82, 2.24) is 4.90 Å². The average Bonchev–Trinajstić information content (AvgIpc) is 2.62. The predicted molar refractivity (Wildman–Crippen MR) is 109 cm³/mol. The van der Waals surface area contributed by atoms with Gasteiger partial charge in [-0.2, -0.15) is 0 Å². The number of unbranched alkanes of at least 4 members (excludes halogenated alkanes) is 11. The van der Waals surface area contributed by atoms with E-state index < -0.39 is 5.97 Å². The summed E-state index contributed by atoms with van der Waals surface area (Å²) in [5.74, 6) is -0.797. The van der Waals surface area contributed by atoms with E-state index in [1.807, 2.05) is 0 Å². The van der Waals surface area contributed by atoms with Crippen LogP contribution in [0.2, 0.25) is 0 Å². The molecule has 4 nitrogen and oxygen atoms in total. The molecule has 0 aliphatic heterocycles. The van der Waals surface area contributed by atoms with Crippen LogP contribution in [-0.2, 0) is 9.59 Å². The average molecular weight is 368 g/mol. The molecule has 0 spiro atoms. The Labute approximate surface area is 161 Å². The molecule has 0 saturated carbocycles. The third-order valence-electron chi connectivity index (χ3n) is 4.74. The molecule has 1 N–H and O–H groups in total. The largest absolute Gasteiger partial charge is 0.481 e. The lowest BCUT2D eigenvalue weighted by atomic mass is 10.1. The number of allylic oxidation sites excluding steroid dienone is 2. The van der Waals surface area contributed by atoms with Gasteiger partial charge in [0.15, 0.2) is 0 Å². The summed E-state index contributed by atoms with van der Waals surface area (Å²) in [7, 11) is 1.68. The summed E-state index contributed by atoms with van der Waals surface area (Å²) in [6, 6.07) is 0. The monoisotopic (exact) mass is 367 g/mol. The number of aliphatic carboxylic acids is 1. The van der Waals surface area contributed by atoms with Gasteiger partial charge in [-0.15, -0.1) is 0 Å². The van der Waals surface area contributed by atoms with Crippen molar-refractivity contribution in [1.29, 1.82) is 0 Å². The molecule has 0 rings (SSSR count). The summed E-state index contributed by atoms with van der Waals surface area (Å²) >= 11 is 0. The van der Waals surface area contributed by atoms with Crippen molar-refractivity contribution in [2.24, 2.45) is 0 Å². The number of carboxylic acid groups (broad SMARTS) is 1. The first-order valence-corrected chi connectivity index (χ1v) is 10.7. The molecular weight excluding hydrogens is 326 g/mol. The third kappa shape index (κ3) is 17.5. The van der Waals surface area contributed by atoms with E-state index in [-0.39, 0.29) is 12.3 Å². The Morgan fingerprint density at radius 2 is 1.27 bits per heavy atom. The normalized spacial score (nSPS) is 11.2. The summed E-state index contributed by atoms with van der Waals surface area (Å²) < 4.78 is 0. The van der Waals surface area contributed by atoms with Crippen molar-refractivity contribution >= 4 is 11.9 Å². The number of hydrogen-bond acceptors (Lipinski definition) is 2. The Hall–Kier alpha value is -1.32. The quantitative estimate of drug-likeness (QED) is 0.240. The Kier molecular flexibility index (Phi) is 17.5. The molecule has 0 atom stereocenters. The van der Waals surface area contributed by atoms with Gasteiger partial charge in [0.2, 0.25) is 5.91 Å². The number of carbonyl (C=O) groups is 2. The maximum Gasteiger partial charge on any atom is 0.305 e. The zero-order valence-electron chi connectivity index (χ0n) is 17.2. The number of carbonyl (C=O) groups excluding carboxylic acids is 1. The summed E-state index contributed by atoms with van der Waals surface area (Å²) in [6.07, 6.45) is 21.4. The molecule has 1 amide bonds. The highest BCUT2D eigenvalue weighted by molar-refractivity contribution is 5.76. The molecule has 0 aliphatic rings. The van der Waals surface area contributed by atoms with E-state index in [9.17, 15) is 9.59 Å². The first kappa shape index (κ1) is 24.7. The minimum atomic E-state index is -0.856. The van der Waals surface area contributed by atoms with E-state index >= 15 is 0 Å². The maximum absolute atomic E-state index is 11.8. The molecule has 0 saturated heterocycles. The van der Waals surface area contributed by atoms with E-state index in [1.54, 1.807) is 7.05 Å². The smallest absolute Gasteiger partial charge is 0.305 e. The Morgan fingerprint density at radius 1 is 0.769 bits per heavy atom. The lowest BCUT2D eigenvalue weighted by Gasteiger charge is -2.15. The van der Waals surface area contributed by atoms with E-state index in [0.29, 0.717) is 13.0 Å². The fourth-order valence-electron chi connectivity index (χ4n) is 2.93. The van der Waals surface area contributed by atoms with Crippen LogP contribution in [-0.4, -0.2) is 35.5 Å². The second-order valence-corrected chi connectivity index (χ2v) is 7.29. The van der Waals surface area contributed by atoms with Gasteiger partial charge >= 0.3 is 5.97 Å². The van der Waals surface area contributed by atoms with E-state index in [0.717, 1.165) is 12.8 Å². The Bertz CT molecular complexity index is 380. The highest BCUT2D eigenvalue weighted by Crippen LogP contribution is 2.10. The third-order valence-corrected chi connectivity index (χ3v) is 4.74. The van der Waals surface area contributed by atoms with Gasteiger partial charge in [-0.3, -0.25) is 9.59 Å². The van der Waals surface area contributed by atoms with Crippen LogP contribution in [0.1, 0.15) is 103 Å². The van der Waals surface area contributed by atoms with Crippen LogP contribution < -0.4 is 0 Å². The first-order chi connectivity index (χ1) is 12.6. The van der Waals surface area contributed by atoms with E-state index in [2.05, 4.69) is 19.1 Å². The topological polar surface area (TPSA) is 57.6 Å². The lowest BCUT2D eigenvalue weighted by molar-refractivity contribution is -0.138. The summed E-state index contributed by atoms with van der Waals surface area (Å²) in [5.41, 5.74) is 0. The summed E-state index contributed by atoms with van der Waals surface area (Å²) in [5, 5.41) is 8.62. The van der Waals surface area contributed by atoms with Crippen molar-refractivity contribution in [2.45, 2.75) is 103 Å². The predicted octanol–water partition coefficient (Wildman–Crippen LogP) is 5.96. The van der Waals surface area contributed by atoms with Gasteiger partial charge in [0, 0.05) is 20.0 Å². The van der Waals surface area contributed by atoms with Gasteiger partial charge in [-0.25, -0.2) is 0 Å². The van der Waals surface area contributed by atoms with Crippen LogP contribution in [0.15, 0.2) is 12.2 Å². The molecule has 26 heavy (non-hydrogen) atoms. The standard InChI is InChI=1S/C22H41NO3/c1-3-4-5-6-7-8-9-10-11-12-13-14-15-16-17-18-21(24)23(2)20-19-22(25)26/h10-11H,3-9,12-20H2,1-2H3,(H,25,26). The van der Waals surface area contributed by atoms with Crippen LogP contribution in [0.25, 0.3) is 0 Å². The number of nitrogens with zero attached hydrogens (tertiary/aromatic N) is 1. The zero-order chi connectivity index (χ0) is 19.5. The number of carboxylic acids is 1. The fraction of sp³-hybridized carbons (Fsp3) is 0.818. The number of hydrogen-bond donors (Lipinski definition) is 1. The lowest BCUT2D eigenvalue weighted by Crippen LogP contribution is -2.28. The highest BCUT2D eigenvalue weighted by atomic mass is 16.4. The second kappa shape index (κ2) is 18.5. The van der Waals surface area contributed by atoms with Gasteiger partial charge in [0.25, 0.3) is 0 Å². The van der Waals surface area contributed by atoms with Crippen molar-refractivity contribution in [3.8, 4) is 0 Å². The molecule has 0 aromatic heterocycles. The van der Waals surface area contributed by atoms with Gasteiger partial charge in [-0.1, -0.05) is 70.4 Å². The molecule has 0 radical (unpaired) electrons. The maximum atomic E-state index is 11.8. The van der Waals surface area contributed by atoms with Gasteiger partial charge in [-0.05, 0) is 32.1 Å². The SMILES string of the molecule is CCCCCCCCC=CCCCCCCCC(=O)N(C)CCC(=O)O. The molecule has 0 aromatic rings. The highest BCUT2D eigenvalue weighted by Gasteiger charge is 2.09. The zero-order valence-corrected chi connectivity index (χ0v) is 17.2. The van der Waals surface area contributed by atoms with Gasteiger partial charge < -0.3 is 10.0 Å². The van der Waals surface area contributed by atoms with Gasteiger partial charge in [0.1, 0.15) is 0 Å². The van der Waals surface area contributed by atoms with Crippen molar-refractivity contribution in [2.75, 3.05) is 13.6 Å². The van der Waals surface area contributed by atoms with Crippen LogP contribution in [0.4, 0.5) is 0 Å².